The van der Waals surface area contributed by atoms with E-state index in [2.05, 4.69) is 16.0 Å². The van der Waals surface area contributed by atoms with Gasteiger partial charge in [-0.05, 0) is 50.9 Å². The maximum Gasteiger partial charge on any atom is 0.247 e. The van der Waals surface area contributed by atoms with Crippen molar-refractivity contribution in [1.29, 1.82) is 0 Å². The van der Waals surface area contributed by atoms with Crippen LogP contribution in [0.1, 0.15) is 32.3 Å². The Labute approximate surface area is 138 Å². The first-order chi connectivity index (χ1) is 11.0. The third-order valence-corrected chi connectivity index (χ3v) is 4.28. The fourth-order valence-electron chi connectivity index (χ4n) is 2.75. The van der Waals surface area contributed by atoms with Crippen LogP contribution in [0.2, 0.25) is 0 Å². The number of aryl methyl sites for hydroxylation is 1. The zero-order valence-corrected chi connectivity index (χ0v) is 14.2. The Bertz CT molecular complexity index is 534. The molecule has 5 nitrogen and oxygen atoms in total. The lowest BCUT2D eigenvalue weighted by Gasteiger charge is -2.26. The summed E-state index contributed by atoms with van der Waals surface area (Å²) in [5, 5.41) is 9.08. The second kappa shape index (κ2) is 8.11. The molecule has 0 saturated carbocycles. The van der Waals surface area contributed by atoms with E-state index in [4.69, 9.17) is 0 Å². The maximum absolute atomic E-state index is 12.5. The molecule has 0 aromatic heterocycles. The lowest BCUT2D eigenvalue weighted by atomic mass is 9.95. The van der Waals surface area contributed by atoms with Crippen LogP contribution in [-0.2, 0) is 9.59 Å². The molecule has 0 aliphatic carbocycles. The Morgan fingerprint density at radius 3 is 2.30 bits per heavy atom. The minimum atomic E-state index is -0.515. The molecule has 0 spiro atoms. The van der Waals surface area contributed by atoms with Gasteiger partial charge >= 0.3 is 0 Å². The fourth-order valence-corrected chi connectivity index (χ4v) is 2.75. The Morgan fingerprint density at radius 2 is 1.74 bits per heavy atom. The molecule has 2 rings (SSSR count). The largest absolute Gasteiger partial charge is 0.344 e. The van der Waals surface area contributed by atoms with Crippen molar-refractivity contribution in [1.82, 2.24) is 10.6 Å². The van der Waals surface area contributed by atoms with Crippen LogP contribution in [-0.4, -0.2) is 30.9 Å². The summed E-state index contributed by atoms with van der Waals surface area (Å²) in [6, 6.07) is 7.14. The first-order valence-corrected chi connectivity index (χ1v) is 8.36. The third kappa shape index (κ3) is 5.06. The monoisotopic (exact) mass is 317 g/mol. The molecule has 2 amide bonds. The lowest BCUT2D eigenvalue weighted by molar-refractivity contribution is -0.130. The van der Waals surface area contributed by atoms with E-state index in [1.54, 1.807) is 0 Å². The van der Waals surface area contributed by atoms with Crippen molar-refractivity contribution in [3.63, 3.8) is 0 Å². The van der Waals surface area contributed by atoms with Crippen molar-refractivity contribution >= 4 is 17.5 Å². The summed E-state index contributed by atoms with van der Waals surface area (Å²) in [7, 11) is 0. The van der Waals surface area contributed by atoms with Gasteiger partial charge in [0.2, 0.25) is 11.8 Å². The van der Waals surface area contributed by atoms with E-state index >= 15 is 0 Å². The molecule has 1 aliphatic heterocycles. The summed E-state index contributed by atoms with van der Waals surface area (Å²) in [5.74, 6) is -0.133. The molecule has 1 aliphatic rings. The lowest BCUT2D eigenvalue weighted by Crippen LogP contribution is -2.50. The summed E-state index contributed by atoms with van der Waals surface area (Å²) < 4.78 is 0. The minimum Gasteiger partial charge on any atom is -0.344 e. The Morgan fingerprint density at radius 1 is 1.13 bits per heavy atom. The Balaban J connectivity index is 1.97. The number of amides is 2. The smallest absolute Gasteiger partial charge is 0.247 e. The van der Waals surface area contributed by atoms with Crippen molar-refractivity contribution < 1.29 is 9.59 Å². The molecular weight excluding hydrogens is 290 g/mol. The molecular formula is C18H27N3O2. The molecule has 1 heterocycles. The molecule has 23 heavy (non-hydrogen) atoms. The van der Waals surface area contributed by atoms with Gasteiger partial charge in [-0.15, -0.1) is 0 Å². The Hall–Kier alpha value is -1.88. The average molecular weight is 317 g/mol. The van der Waals surface area contributed by atoms with E-state index < -0.39 is 6.04 Å². The Kier molecular flexibility index (Phi) is 6.16. The highest BCUT2D eigenvalue weighted by Crippen LogP contribution is 2.15. The maximum atomic E-state index is 12.5. The second-order valence-corrected chi connectivity index (χ2v) is 6.61. The van der Waals surface area contributed by atoms with Crippen LogP contribution in [0.3, 0.4) is 0 Å². The molecule has 5 heteroatoms. The zero-order chi connectivity index (χ0) is 16.8. The molecule has 1 saturated heterocycles. The SMILES string of the molecule is Cc1ccc(NC(=O)[C@H](NC(=O)C2CCNCC2)C(C)C)cc1. The highest BCUT2D eigenvalue weighted by Gasteiger charge is 2.28. The number of hydrogen-bond donors (Lipinski definition) is 3. The molecule has 126 valence electrons. The first-order valence-electron chi connectivity index (χ1n) is 8.36. The third-order valence-electron chi connectivity index (χ3n) is 4.28. The van der Waals surface area contributed by atoms with Gasteiger partial charge in [0.25, 0.3) is 0 Å². The van der Waals surface area contributed by atoms with Gasteiger partial charge in [0.15, 0.2) is 0 Å². The molecule has 1 atom stereocenters. The summed E-state index contributed by atoms with van der Waals surface area (Å²) in [4.78, 5) is 24.9. The van der Waals surface area contributed by atoms with Crippen LogP contribution in [0.4, 0.5) is 5.69 Å². The first kappa shape index (κ1) is 17.5. The van der Waals surface area contributed by atoms with Crippen LogP contribution >= 0.6 is 0 Å². The molecule has 1 fully saturated rings. The number of piperidine rings is 1. The van der Waals surface area contributed by atoms with Crippen molar-refractivity contribution in [3.8, 4) is 0 Å². The van der Waals surface area contributed by atoms with Gasteiger partial charge in [-0.25, -0.2) is 0 Å². The van der Waals surface area contributed by atoms with Crippen molar-refractivity contribution in [2.75, 3.05) is 18.4 Å². The number of carbonyl (C=O) groups is 2. The van der Waals surface area contributed by atoms with Gasteiger partial charge in [-0.3, -0.25) is 9.59 Å². The summed E-state index contributed by atoms with van der Waals surface area (Å²) in [5.41, 5.74) is 1.89. The highest BCUT2D eigenvalue weighted by atomic mass is 16.2. The number of benzene rings is 1. The normalized spacial score (nSPS) is 16.9. The predicted molar refractivity (Wildman–Crippen MR) is 92.2 cm³/mol. The van der Waals surface area contributed by atoms with Gasteiger partial charge in [-0.1, -0.05) is 31.5 Å². The summed E-state index contributed by atoms with van der Waals surface area (Å²) in [6.07, 6.45) is 1.66. The number of hydrogen-bond acceptors (Lipinski definition) is 3. The van der Waals surface area contributed by atoms with Gasteiger partial charge < -0.3 is 16.0 Å². The van der Waals surface area contributed by atoms with Gasteiger partial charge in [0.1, 0.15) is 6.04 Å². The molecule has 3 N–H and O–H groups in total. The quantitative estimate of drug-likeness (QED) is 0.778. The second-order valence-electron chi connectivity index (χ2n) is 6.61. The van der Waals surface area contributed by atoms with Gasteiger partial charge in [0, 0.05) is 11.6 Å². The van der Waals surface area contributed by atoms with Crippen molar-refractivity contribution in [2.24, 2.45) is 11.8 Å². The fraction of sp³-hybridized carbons (Fsp3) is 0.556. The molecule has 0 unspecified atom stereocenters. The van der Waals surface area contributed by atoms with Crippen LogP contribution in [0, 0.1) is 18.8 Å². The van der Waals surface area contributed by atoms with Crippen molar-refractivity contribution in [2.45, 2.75) is 39.7 Å². The van der Waals surface area contributed by atoms with Gasteiger partial charge in [-0.2, -0.15) is 0 Å². The highest BCUT2D eigenvalue weighted by molar-refractivity contribution is 5.97. The number of nitrogens with one attached hydrogen (secondary N) is 3. The van der Waals surface area contributed by atoms with Crippen LogP contribution in [0.15, 0.2) is 24.3 Å². The van der Waals surface area contributed by atoms with E-state index in [1.165, 1.54) is 0 Å². The standard InChI is InChI=1S/C18H27N3O2/c1-12(2)16(21-17(22)14-8-10-19-11-9-14)18(23)20-15-6-4-13(3)5-7-15/h4-7,12,14,16,19H,8-11H2,1-3H3,(H,20,23)(H,21,22)/t16-/m1/s1. The average Bonchev–Trinajstić information content (AvgIpc) is 2.55. The topological polar surface area (TPSA) is 70.2 Å². The van der Waals surface area contributed by atoms with E-state index in [1.807, 2.05) is 45.0 Å². The van der Waals surface area contributed by atoms with Gasteiger partial charge in [0.05, 0.1) is 0 Å². The van der Waals surface area contributed by atoms with E-state index in [0.717, 1.165) is 37.2 Å². The van der Waals surface area contributed by atoms with Crippen LogP contribution in [0.25, 0.3) is 0 Å². The summed E-state index contributed by atoms with van der Waals surface area (Å²) in [6.45, 7) is 7.62. The van der Waals surface area contributed by atoms with E-state index in [-0.39, 0.29) is 23.7 Å². The van der Waals surface area contributed by atoms with E-state index in [9.17, 15) is 9.59 Å². The van der Waals surface area contributed by atoms with Crippen LogP contribution in [0.5, 0.6) is 0 Å². The van der Waals surface area contributed by atoms with Crippen LogP contribution < -0.4 is 16.0 Å². The number of rotatable bonds is 5. The minimum absolute atomic E-state index is 0.00433. The van der Waals surface area contributed by atoms with E-state index in [0.29, 0.717) is 0 Å². The molecule has 0 bridgehead atoms. The molecule has 0 radical (unpaired) electrons. The number of anilines is 1. The molecule has 1 aromatic carbocycles. The molecule has 1 aromatic rings. The predicted octanol–water partition coefficient (Wildman–Crippen LogP) is 2.07. The van der Waals surface area contributed by atoms with Crippen molar-refractivity contribution in [3.05, 3.63) is 29.8 Å². The summed E-state index contributed by atoms with van der Waals surface area (Å²) >= 11 is 0. The zero-order valence-electron chi connectivity index (χ0n) is 14.2. The number of carbonyl (C=O) groups excluding carboxylic acids is 2.